The summed E-state index contributed by atoms with van der Waals surface area (Å²) in [4.78, 5) is 19.1. The van der Waals surface area contributed by atoms with Crippen molar-refractivity contribution < 1.29 is 4.79 Å². The highest BCUT2D eigenvalue weighted by Gasteiger charge is 2.31. The van der Waals surface area contributed by atoms with E-state index in [4.69, 9.17) is 0 Å². The minimum Gasteiger partial charge on any atom is -0.351 e. The van der Waals surface area contributed by atoms with Crippen molar-refractivity contribution in [1.82, 2.24) is 9.88 Å². The van der Waals surface area contributed by atoms with E-state index in [0.29, 0.717) is 23.2 Å². The van der Waals surface area contributed by atoms with Crippen LogP contribution in [0, 0.1) is 11.8 Å². The van der Waals surface area contributed by atoms with Gasteiger partial charge in [0, 0.05) is 36.3 Å². The van der Waals surface area contributed by atoms with Crippen LogP contribution in [-0.4, -0.2) is 22.2 Å². The van der Waals surface area contributed by atoms with Crippen molar-refractivity contribution in [1.29, 1.82) is 0 Å². The van der Waals surface area contributed by atoms with Gasteiger partial charge in [0.25, 0.3) is 0 Å². The molecular weight excluding hydrogens is 322 g/mol. The summed E-state index contributed by atoms with van der Waals surface area (Å²) in [5.74, 6) is 2.70. The number of pyridine rings is 1. The van der Waals surface area contributed by atoms with Gasteiger partial charge in [-0.3, -0.25) is 4.79 Å². The molecule has 0 spiro atoms. The Labute approximate surface area is 154 Å². The van der Waals surface area contributed by atoms with Gasteiger partial charge in [-0.15, -0.1) is 0 Å². The van der Waals surface area contributed by atoms with Crippen LogP contribution in [0.25, 0.3) is 0 Å². The Kier molecular flexibility index (Phi) is 3.73. The van der Waals surface area contributed by atoms with Gasteiger partial charge in [0.2, 0.25) is 0 Å². The van der Waals surface area contributed by atoms with Crippen molar-refractivity contribution >= 4 is 11.6 Å². The zero-order valence-corrected chi connectivity index (χ0v) is 15.2. The number of rotatable bonds is 6. The average Bonchev–Trinajstić information content (AvgIpc) is 3.54. The highest BCUT2D eigenvalue weighted by molar-refractivity contribution is 5.99. The molecule has 2 fully saturated rings. The first-order chi connectivity index (χ1) is 12.7. The molecule has 1 unspecified atom stereocenters. The van der Waals surface area contributed by atoms with E-state index in [2.05, 4.69) is 39.6 Å². The van der Waals surface area contributed by atoms with Crippen molar-refractivity contribution in [2.45, 2.75) is 44.9 Å². The Balaban J connectivity index is 1.35. The summed E-state index contributed by atoms with van der Waals surface area (Å²) in [5.41, 5.74) is 4.45. The van der Waals surface area contributed by atoms with Gasteiger partial charge in [-0.25, -0.2) is 4.98 Å². The summed E-state index contributed by atoms with van der Waals surface area (Å²) >= 11 is 0. The number of allylic oxidation sites excluding steroid dienone is 4. The lowest BCUT2D eigenvalue weighted by Gasteiger charge is -2.26. The topological polar surface area (TPSA) is 45.2 Å². The fraction of sp³-hybridized carbons (Fsp3) is 0.455. The van der Waals surface area contributed by atoms with Gasteiger partial charge in [-0.2, -0.15) is 0 Å². The number of ketones is 1. The van der Waals surface area contributed by atoms with Crippen molar-refractivity contribution in [3.63, 3.8) is 0 Å². The molecule has 2 saturated carbocycles. The predicted molar refractivity (Wildman–Crippen MR) is 103 cm³/mol. The SMILES string of the molecule is CC(=O)c1cc(C2CC2)cnc1NC1=CC=C2C(C=CN2CC2CC2)C1. The van der Waals surface area contributed by atoms with E-state index >= 15 is 0 Å². The molecule has 134 valence electrons. The maximum atomic E-state index is 12.1. The maximum Gasteiger partial charge on any atom is 0.163 e. The molecule has 0 amide bonds. The largest absolute Gasteiger partial charge is 0.351 e. The third-order valence-corrected chi connectivity index (χ3v) is 5.87. The van der Waals surface area contributed by atoms with Crippen LogP contribution in [0.4, 0.5) is 5.82 Å². The molecule has 4 aliphatic rings. The third kappa shape index (κ3) is 3.09. The summed E-state index contributed by atoms with van der Waals surface area (Å²) in [6, 6.07) is 2.03. The average molecular weight is 347 g/mol. The number of carbonyl (C=O) groups excluding carboxylic acids is 1. The van der Waals surface area contributed by atoms with E-state index in [1.165, 1.54) is 36.9 Å². The number of carbonyl (C=O) groups is 1. The molecule has 1 N–H and O–H groups in total. The fourth-order valence-electron chi connectivity index (χ4n) is 3.97. The Morgan fingerprint density at radius 2 is 2.12 bits per heavy atom. The van der Waals surface area contributed by atoms with Crippen LogP contribution in [0.2, 0.25) is 0 Å². The van der Waals surface area contributed by atoms with Crippen molar-refractivity contribution in [2.75, 3.05) is 11.9 Å². The Bertz CT molecular complexity index is 843. The zero-order chi connectivity index (χ0) is 17.7. The molecule has 0 radical (unpaired) electrons. The summed E-state index contributed by atoms with van der Waals surface area (Å²) < 4.78 is 0. The van der Waals surface area contributed by atoms with Crippen LogP contribution in [-0.2, 0) is 0 Å². The molecule has 1 atom stereocenters. The van der Waals surface area contributed by atoms with E-state index in [1.807, 2.05) is 12.3 Å². The maximum absolute atomic E-state index is 12.1. The molecule has 0 saturated heterocycles. The number of Topliss-reactive ketones (excluding diaryl/α,β-unsaturated/α-hetero) is 1. The fourth-order valence-corrected chi connectivity index (χ4v) is 3.97. The highest BCUT2D eigenvalue weighted by Crippen LogP contribution is 2.41. The van der Waals surface area contributed by atoms with Crippen molar-refractivity contribution in [2.24, 2.45) is 11.8 Å². The Morgan fingerprint density at radius 1 is 1.27 bits per heavy atom. The van der Waals surface area contributed by atoms with E-state index in [1.54, 1.807) is 6.92 Å². The summed E-state index contributed by atoms with van der Waals surface area (Å²) in [5, 5.41) is 3.43. The number of fused-ring (bicyclic) bond motifs is 1. The lowest BCUT2D eigenvalue weighted by atomic mass is 9.95. The number of nitrogens with one attached hydrogen (secondary N) is 1. The second-order valence-corrected chi connectivity index (χ2v) is 8.15. The van der Waals surface area contributed by atoms with Crippen LogP contribution in [0.1, 0.15) is 60.9 Å². The Hall–Kier alpha value is -2.36. The van der Waals surface area contributed by atoms with Gasteiger partial charge in [0.1, 0.15) is 5.82 Å². The van der Waals surface area contributed by atoms with Gasteiger partial charge < -0.3 is 10.2 Å². The van der Waals surface area contributed by atoms with Gasteiger partial charge in [0.15, 0.2) is 5.78 Å². The molecule has 5 rings (SSSR count). The predicted octanol–water partition coefficient (Wildman–Crippen LogP) is 4.60. The Morgan fingerprint density at radius 3 is 2.85 bits per heavy atom. The van der Waals surface area contributed by atoms with E-state index < -0.39 is 0 Å². The first-order valence-corrected chi connectivity index (χ1v) is 9.81. The highest BCUT2D eigenvalue weighted by atomic mass is 16.1. The molecule has 0 bridgehead atoms. The molecule has 1 aromatic heterocycles. The van der Waals surface area contributed by atoms with Gasteiger partial charge >= 0.3 is 0 Å². The molecule has 26 heavy (non-hydrogen) atoms. The van der Waals surface area contributed by atoms with Gasteiger partial charge in [-0.1, -0.05) is 6.08 Å². The quantitative estimate of drug-likeness (QED) is 0.764. The van der Waals surface area contributed by atoms with Gasteiger partial charge in [0.05, 0.1) is 5.56 Å². The molecule has 3 aliphatic carbocycles. The third-order valence-electron chi connectivity index (χ3n) is 5.87. The van der Waals surface area contributed by atoms with Crippen LogP contribution in [0.15, 0.2) is 48.1 Å². The number of hydrogen-bond acceptors (Lipinski definition) is 4. The monoisotopic (exact) mass is 347 g/mol. The zero-order valence-electron chi connectivity index (χ0n) is 15.2. The molecule has 2 heterocycles. The number of hydrogen-bond donors (Lipinski definition) is 1. The second kappa shape index (κ2) is 6.11. The number of anilines is 1. The number of aromatic nitrogens is 1. The summed E-state index contributed by atoms with van der Waals surface area (Å²) in [6.45, 7) is 2.79. The normalized spacial score (nSPS) is 24.2. The second-order valence-electron chi connectivity index (χ2n) is 8.15. The van der Waals surface area contributed by atoms with Crippen LogP contribution in [0.5, 0.6) is 0 Å². The van der Waals surface area contributed by atoms with E-state index in [9.17, 15) is 4.79 Å². The van der Waals surface area contributed by atoms with Crippen LogP contribution >= 0.6 is 0 Å². The first kappa shape index (κ1) is 15.9. The minimum atomic E-state index is 0.0755. The molecular formula is C22H25N3O. The van der Waals surface area contributed by atoms with Gasteiger partial charge in [-0.05, 0) is 74.6 Å². The first-order valence-electron chi connectivity index (χ1n) is 9.81. The minimum absolute atomic E-state index is 0.0755. The van der Waals surface area contributed by atoms with E-state index in [-0.39, 0.29) is 5.78 Å². The molecule has 0 aromatic carbocycles. The lowest BCUT2D eigenvalue weighted by molar-refractivity contribution is 0.101. The summed E-state index contributed by atoms with van der Waals surface area (Å²) in [7, 11) is 0. The molecule has 1 aromatic rings. The van der Waals surface area contributed by atoms with Crippen LogP contribution in [0.3, 0.4) is 0 Å². The smallest absolute Gasteiger partial charge is 0.163 e. The van der Waals surface area contributed by atoms with Crippen molar-refractivity contribution in [3.05, 3.63) is 59.2 Å². The number of nitrogens with zero attached hydrogens (tertiary/aromatic N) is 2. The van der Waals surface area contributed by atoms with Crippen molar-refractivity contribution in [3.8, 4) is 0 Å². The molecule has 4 heteroatoms. The molecule has 1 aliphatic heterocycles. The summed E-state index contributed by atoms with van der Waals surface area (Å²) in [6.07, 6.45) is 17.0. The lowest BCUT2D eigenvalue weighted by Crippen LogP contribution is -2.21. The molecule has 4 nitrogen and oxygen atoms in total. The van der Waals surface area contributed by atoms with Crippen LogP contribution < -0.4 is 5.32 Å². The van der Waals surface area contributed by atoms with E-state index in [0.717, 1.165) is 24.6 Å². The standard InChI is InChI=1S/C22H25N3O/c1-14(26)20-11-18(16-4-5-16)12-23-22(20)24-19-6-7-21-17(10-19)8-9-25(21)13-15-2-3-15/h6-9,11-12,15-17H,2-5,10,13H2,1H3,(H,23,24).